The van der Waals surface area contributed by atoms with Crippen molar-refractivity contribution in [2.75, 3.05) is 0 Å². The Bertz CT molecular complexity index is 1080. The monoisotopic (exact) mass is 348 g/mol. The number of hydrogen-bond acceptors (Lipinski definition) is 4. The molecule has 0 aliphatic heterocycles. The largest absolute Gasteiger partial charge is 0.479 e. The molecule has 4 rings (SSSR count). The van der Waals surface area contributed by atoms with Crippen LogP contribution in [0.25, 0.3) is 22.2 Å². The summed E-state index contributed by atoms with van der Waals surface area (Å²) in [5.74, 6) is 0.0792. The number of aromatic nitrogens is 1. The van der Waals surface area contributed by atoms with Crippen LogP contribution in [0.3, 0.4) is 0 Å². The highest BCUT2D eigenvalue weighted by molar-refractivity contribution is 6.30. The Labute approximate surface area is 149 Å². The molecule has 122 valence electrons. The van der Waals surface area contributed by atoms with Crippen molar-refractivity contribution < 1.29 is 9.52 Å². The molecular formula is C20H13ClN2O2. The van der Waals surface area contributed by atoms with E-state index in [4.69, 9.17) is 16.0 Å². The number of aliphatic imine (C=N–C) groups is 1. The van der Waals surface area contributed by atoms with Crippen molar-refractivity contribution in [1.29, 1.82) is 0 Å². The molecule has 3 aromatic carbocycles. The number of aromatic hydroxyl groups is 1. The summed E-state index contributed by atoms with van der Waals surface area (Å²) in [4.78, 5) is 8.64. The highest BCUT2D eigenvalue weighted by atomic mass is 35.5. The van der Waals surface area contributed by atoms with Gasteiger partial charge in [-0.25, -0.2) is 4.98 Å². The highest BCUT2D eigenvalue weighted by Crippen LogP contribution is 2.31. The molecular weight excluding hydrogens is 336 g/mol. The first kappa shape index (κ1) is 15.4. The number of oxazole rings is 1. The van der Waals surface area contributed by atoms with Crippen LogP contribution in [0.1, 0.15) is 5.69 Å². The van der Waals surface area contributed by atoms with E-state index in [2.05, 4.69) is 9.98 Å². The van der Waals surface area contributed by atoms with E-state index in [1.54, 1.807) is 18.2 Å². The second kappa shape index (κ2) is 6.42. The van der Waals surface area contributed by atoms with E-state index in [-0.39, 0.29) is 11.6 Å². The molecule has 0 fully saturated rings. The lowest BCUT2D eigenvalue weighted by molar-refractivity contribution is 0.337. The molecule has 0 atom stereocenters. The topological polar surface area (TPSA) is 58.6 Å². The van der Waals surface area contributed by atoms with Gasteiger partial charge < -0.3 is 9.52 Å². The van der Waals surface area contributed by atoms with Crippen molar-refractivity contribution >= 4 is 34.3 Å². The predicted molar refractivity (Wildman–Crippen MR) is 99.8 cm³/mol. The standard InChI is InChI=1S/C20H13ClN2O2/c21-14-7-4-8-15(11-14)22-12-18-20(24)25-19(23-18)17-10-3-6-13-5-1-2-9-16(13)17/h1-12,24H. The molecule has 0 bridgehead atoms. The van der Waals surface area contributed by atoms with E-state index < -0.39 is 0 Å². The molecule has 0 aliphatic carbocycles. The zero-order valence-electron chi connectivity index (χ0n) is 13.1. The van der Waals surface area contributed by atoms with Crippen LogP contribution in [-0.2, 0) is 0 Å². The summed E-state index contributed by atoms with van der Waals surface area (Å²) in [7, 11) is 0. The third-order valence-corrected chi connectivity index (χ3v) is 4.03. The van der Waals surface area contributed by atoms with Crippen LogP contribution >= 0.6 is 11.6 Å². The molecule has 4 nitrogen and oxygen atoms in total. The summed E-state index contributed by atoms with van der Waals surface area (Å²) < 4.78 is 5.45. The molecule has 0 amide bonds. The molecule has 4 aromatic rings. The van der Waals surface area contributed by atoms with E-state index in [1.807, 2.05) is 48.5 Å². The maximum absolute atomic E-state index is 10.1. The number of benzene rings is 3. The molecule has 0 saturated carbocycles. The molecule has 0 radical (unpaired) electrons. The van der Waals surface area contributed by atoms with Gasteiger partial charge in [0, 0.05) is 10.6 Å². The third kappa shape index (κ3) is 3.12. The van der Waals surface area contributed by atoms with Gasteiger partial charge in [0.1, 0.15) is 0 Å². The van der Waals surface area contributed by atoms with Crippen molar-refractivity contribution in [3.63, 3.8) is 0 Å². The first-order valence-electron chi connectivity index (χ1n) is 7.68. The Morgan fingerprint density at radius 1 is 1.00 bits per heavy atom. The minimum Gasteiger partial charge on any atom is -0.479 e. The van der Waals surface area contributed by atoms with Crippen LogP contribution in [0.4, 0.5) is 5.69 Å². The van der Waals surface area contributed by atoms with Gasteiger partial charge in [0.25, 0.3) is 0 Å². The van der Waals surface area contributed by atoms with Gasteiger partial charge in [-0.15, -0.1) is 0 Å². The second-order valence-electron chi connectivity index (χ2n) is 5.47. The van der Waals surface area contributed by atoms with Gasteiger partial charge in [0.2, 0.25) is 5.89 Å². The number of nitrogens with zero attached hydrogens (tertiary/aromatic N) is 2. The smallest absolute Gasteiger partial charge is 0.312 e. The summed E-state index contributed by atoms with van der Waals surface area (Å²) >= 11 is 5.94. The quantitative estimate of drug-likeness (QED) is 0.490. The van der Waals surface area contributed by atoms with E-state index in [1.165, 1.54) is 6.21 Å². The van der Waals surface area contributed by atoms with Crippen LogP contribution in [0.2, 0.25) is 5.02 Å². The molecule has 25 heavy (non-hydrogen) atoms. The maximum atomic E-state index is 10.1. The Kier molecular flexibility index (Phi) is 3.96. The van der Waals surface area contributed by atoms with Crippen molar-refractivity contribution in [3.05, 3.63) is 77.4 Å². The first-order chi connectivity index (χ1) is 12.2. The fourth-order valence-corrected chi connectivity index (χ4v) is 2.81. The van der Waals surface area contributed by atoms with E-state index in [0.29, 0.717) is 16.6 Å². The first-order valence-corrected chi connectivity index (χ1v) is 8.06. The molecule has 1 heterocycles. The van der Waals surface area contributed by atoms with Crippen molar-refractivity contribution in [2.45, 2.75) is 0 Å². The van der Waals surface area contributed by atoms with Gasteiger partial charge in [0.05, 0.1) is 11.9 Å². The van der Waals surface area contributed by atoms with E-state index in [9.17, 15) is 5.11 Å². The van der Waals surface area contributed by atoms with E-state index >= 15 is 0 Å². The normalized spacial score (nSPS) is 11.4. The Hall–Kier alpha value is -3.11. The SMILES string of the molecule is Oc1oc(-c2cccc3ccccc23)nc1C=Nc1cccc(Cl)c1. The predicted octanol–water partition coefficient (Wildman–Crippen LogP) is 5.60. The van der Waals surface area contributed by atoms with Gasteiger partial charge in [-0.3, -0.25) is 4.99 Å². The number of fused-ring (bicyclic) bond motifs is 1. The summed E-state index contributed by atoms with van der Waals surface area (Å²) in [6.07, 6.45) is 1.46. The van der Waals surface area contributed by atoms with Gasteiger partial charge in [-0.2, -0.15) is 0 Å². The molecule has 1 aromatic heterocycles. The van der Waals surface area contributed by atoms with Crippen LogP contribution < -0.4 is 0 Å². The Morgan fingerprint density at radius 3 is 2.68 bits per heavy atom. The highest BCUT2D eigenvalue weighted by Gasteiger charge is 2.14. The number of rotatable bonds is 3. The second-order valence-corrected chi connectivity index (χ2v) is 5.91. The average molecular weight is 349 g/mol. The van der Waals surface area contributed by atoms with Crippen LogP contribution in [0.5, 0.6) is 5.95 Å². The lowest BCUT2D eigenvalue weighted by atomic mass is 10.0. The lowest BCUT2D eigenvalue weighted by Crippen LogP contribution is -1.84. The van der Waals surface area contributed by atoms with E-state index in [0.717, 1.165) is 16.3 Å². The molecule has 1 N–H and O–H groups in total. The van der Waals surface area contributed by atoms with Crippen LogP contribution in [0, 0.1) is 0 Å². The Morgan fingerprint density at radius 2 is 1.80 bits per heavy atom. The lowest BCUT2D eigenvalue weighted by Gasteiger charge is -2.01. The summed E-state index contributed by atoms with van der Waals surface area (Å²) in [6.45, 7) is 0. The molecule has 0 saturated heterocycles. The van der Waals surface area contributed by atoms with Crippen LogP contribution in [-0.4, -0.2) is 16.3 Å². The zero-order valence-corrected chi connectivity index (χ0v) is 13.8. The average Bonchev–Trinajstić information content (AvgIpc) is 3.00. The maximum Gasteiger partial charge on any atom is 0.312 e. The van der Waals surface area contributed by atoms with Gasteiger partial charge in [-0.05, 0) is 35.0 Å². The molecule has 5 heteroatoms. The van der Waals surface area contributed by atoms with Gasteiger partial charge >= 0.3 is 5.95 Å². The fraction of sp³-hybridized carbons (Fsp3) is 0. The van der Waals surface area contributed by atoms with Crippen LogP contribution in [0.15, 0.2) is 76.1 Å². The van der Waals surface area contributed by atoms with Gasteiger partial charge in [0.15, 0.2) is 5.69 Å². The van der Waals surface area contributed by atoms with Crippen molar-refractivity contribution in [2.24, 2.45) is 4.99 Å². The minimum absolute atomic E-state index is 0.267. The molecule has 0 spiro atoms. The van der Waals surface area contributed by atoms with Gasteiger partial charge in [-0.1, -0.05) is 54.1 Å². The van der Waals surface area contributed by atoms with Crippen molar-refractivity contribution in [3.8, 4) is 17.4 Å². The third-order valence-electron chi connectivity index (χ3n) is 3.80. The summed E-state index contributed by atoms with van der Waals surface area (Å²) in [5.41, 5.74) is 1.75. The Balaban J connectivity index is 1.73. The fourth-order valence-electron chi connectivity index (χ4n) is 2.63. The number of hydrogen-bond donors (Lipinski definition) is 1. The number of halogens is 1. The minimum atomic E-state index is -0.270. The molecule has 0 unspecified atom stereocenters. The zero-order chi connectivity index (χ0) is 17.2. The summed E-state index contributed by atoms with van der Waals surface area (Å²) in [5, 5.41) is 12.7. The molecule has 0 aliphatic rings. The summed E-state index contributed by atoms with van der Waals surface area (Å²) in [6, 6.07) is 20.9. The van der Waals surface area contributed by atoms with Crippen molar-refractivity contribution in [1.82, 2.24) is 4.98 Å².